The molecule has 1 aromatic rings. The fourth-order valence-corrected chi connectivity index (χ4v) is 4.59. The molecule has 1 N–H and O–H groups in total. The Morgan fingerprint density at radius 1 is 1.39 bits per heavy atom. The van der Waals surface area contributed by atoms with Gasteiger partial charge in [-0.25, -0.2) is 8.42 Å². The Morgan fingerprint density at radius 3 is 2.52 bits per heavy atom. The van der Waals surface area contributed by atoms with Gasteiger partial charge in [0.2, 0.25) is 10.0 Å². The summed E-state index contributed by atoms with van der Waals surface area (Å²) in [4.78, 5) is 10.2. The van der Waals surface area contributed by atoms with Crippen molar-refractivity contribution < 1.29 is 13.3 Å². The molecule has 0 amide bonds. The SMILES string of the molecule is CNCC1CCN(S(=O)(=O)c2ccc(Br)cc2[N+](=O)[O-])CC1.Cl. The number of nitrogens with one attached hydrogen (secondary N) is 1. The second kappa shape index (κ2) is 8.39. The molecule has 0 bridgehead atoms. The molecular formula is C13H19BrClN3O4S. The van der Waals surface area contributed by atoms with Gasteiger partial charge in [0.1, 0.15) is 0 Å². The van der Waals surface area contributed by atoms with Crippen molar-refractivity contribution in [3.05, 3.63) is 32.8 Å². The summed E-state index contributed by atoms with van der Waals surface area (Å²) in [5, 5.41) is 14.2. The summed E-state index contributed by atoms with van der Waals surface area (Å²) in [7, 11) is -1.97. The first-order valence-corrected chi connectivity index (χ1v) is 9.18. The summed E-state index contributed by atoms with van der Waals surface area (Å²) in [5.74, 6) is 0.441. The minimum atomic E-state index is -3.84. The van der Waals surface area contributed by atoms with E-state index in [-0.39, 0.29) is 17.3 Å². The quantitative estimate of drug-likeness (QED) is 0.574. The first-order valence-electron chi connectivity index (χ1n) is 6.95. The first-order chi connectivity index (χ1) is 10.4. The highest BCUT2D eigenvalue weighted by Gasteiger charge is 2.34. The summed E-state index contributed by atoms with van der Waals surface area (Å²) in [6, 6.07) is 4.02. The van der Waals surface area contributed by atoms with E-state index in [2.05, 4.69) is 21.2 Å². The van der Waals surface area contributed by atoms with E-state index in [9.17, 15) is 18.5 Å². The van der Waals surface area contributed by atoms with Crippen LogP contribution >= 0.6 is 28.3 Å². The van der Waals surface area contributed by atoms with Gasteiger partial charge in [-0.05, 0) is 44.5 Å². The average molecular weight is 429 g/mol. The van der Waals surface area contributed by atoms with Crippen molar-refractivity contribution in [2.75, 3.05) is 26.7 Å². The zero-order chi connectivity index (χ0) is 16.3. The average Bonchev–Trinajstić information content (AvgIpc) is 2.47. The van der Waals surface area contributed by atoms with Crippen LogP contribution in [0.1, 0.15) is 12.8 Å². The molecule has 130 valence electrons. The molecule has 1 saturated heterocycles. The van der Waals surface area contributed by atoms with Crippen LogP contribution in [0.3, 0.4) is 0 Å². The highest BCUT2D eigenvalue weighted by atomic mass is 79.9. The van der Waals surface area contributed by atoms with Crippen molar-refractivity contribution in [3.63, 3.8) is 0 Å². The van der Waals surface area contributed by atoms with E-state index in [1.807, 2.05) is 7.05 Å². The van der Waals surface area contributed by atoms with Crippen molar-refractivity contribution in [1.82, 2.24) is 9.62 Å². The Balaban J connectivity index is 0.00000264. The molecule has 1 aliphatic heterocycles. The molecule has 0 aliphatic carbocycles. The molecule has 0 aromatic heterocycles. The maximum atomic E-state index is 12.7. The molecule has 0 radical (unpaired) electrons. The molecule has 2 rings (SSSR count). The number of nitro benzene ring substituents is 1. The predicted molar refractivity (Wildman–Crippen MR) is 93.5 cm³/mol. The van der Waals surface area contributed by atoms with Crippen molar-refractivity contribution in [1.29, 1.82) is 0 Å². The van der Waals surface area contributed by atoms with Crippen molar-refractivity contribution in [2.45, 2.75) is 17.7 Å². The lowest BCUT2D eigenvalue weighted by Crippen LogP contribution is -2.40. The number of halogens is 2. The second-order valence-electron chi connectivity index (χ2n) is 5.27. The van der Waals surface area contributed by atoms with Crippen LogP contribution in [0, 0.1) is 16.0 Å². The molecule has 7 nitrogen and oxygen atoms in total. The molecule has 0 unspecified atom stereocenters. The molecule has 1 aliphatic rings. The van der Waals surface area contributed by atoms with Crippen molar-refractivity contribution in [2.24, 2.45) is 5.92 Å². The standard InChI is InChI=1S/C13H18BrN3O4S.ClH/c1-15-9-10-4-6-16(7-5-10)22(20,21)13-3-2-11(14)8-12(13)17(18)19;/h2-3,8,10,15H,4-7,9H2,1H3;1H. The van der Waals surface area contributed by atoms with Gasteiger partial charge in [-0.3, -0.25) is 10.1 Å². The number of hydrogen-bond acceptors (Lipinski definition) is 5. The Bertz CT molecular complexity index is 663. The van der Waals surface area contributed by atoms with E-state index in [0.717, 1.165) is 19.4 Å². The number of benzene rings is 1. The van der Waals surface area contributed by atoms with Gasteiger partial charge in [-0.1, -0.05) is 15.9 Å². The number of piperidine rings is 1. The summed E-state index contributed by atoms with van der Waals surface area (Å²) in [5.41, 5.74) is -0.397. The van der Waals surface area contributed by atoms with E-state index in [4.69, 9.17) is 0 Å². The zero-order valence-electron chi connectivity index (χ0n) is 12.6. The van der Waals surface area contributed by atoms with Gasteiger partial charge in [0.05, 0.1) is 4.92 Å². The Morgan fingerprint density at radius 2 is 2.00 bits per heavy atom. The summed E-state index contributed by atoms with van der Waals surface area (Å²) >= 11 is 3.13. The monoisotopic (exact) mass is 427 g/mol. The van der Waals surface area contributed by atoms with Crippen LogP contribution < -0.4 is 5.32 Å². The summed E-state index contributed by atoms with van der Waals surface area (Å²) < 4.78 is 27.2. The van der Waals surface area contributed by atoms with Crippen molar-refractivity contribution in [3.8, 4) is 0 Å². The van der Waals surface area contributed by atoms with Gasteiger partial charge in [0.15, 0.2) is 4.90 Å². The minimum Gasteiger partial charge on any atom is -0.319 e. The smallest absolute Gasteiger partial charge is 0.290 e. The third kappa shape index (κ3) is 4.63. The van der Waals surface area contributed by atoms with E-state index < -0.39 is 20.6 Å². The van der Waals surface area contributed by atoms with Crippen LogP contribution in [0.25, 0.3) is 0 Å². The second-order valence-corrected chi connectivity index (χ2v) is 8.10. The highest BCUT2D eigenvalue weighted by Crippen LogP contribution is 2.31. The first kappa shape index (κ1) is 20.3. The van der Waals surface area contributed by atoms with Gasteiger partial charge in [-0.15, -0.1) is 12.4 Å². The minimum absolute atomic E-state index is 0. The molecule has 10 heteroatoms. The van der Waals surface area contributed by atoms with Crippen LogP contribution in [0.4, 0.5) is 5.69 Å². The molecule has 0 atom stereocenters. The lowest BCUT2D eigenvalue weighted by atomic mass is 9.98. The third-order valence-corrected chi connectivity index (χ3v) is 6.24. The van der Waals surface area contributed by atoms with E-state index in [0.29, 0.717) is 23.5 Å². The Labute approximate surface area is 150 Å². The maximum absolute atomic E-state index is 12.7. The predicted octanol–water partition coefficient (Wildman–Crippen LogP) is 2.40. The third-order valence-electron chi connectivity index (χ3n) is 3.80. The number of nitrogens with zero attached hydrogens (tertiary/aromatic N) is 2. The fourth-order valence-electron chi connectivity index (χ4n) is 2.63. The number of sulfonamides is 1. The highest BCUT2D eigenvalue weighted by molar-refractivity contribution is 9.10. The van der Waals surface area contributed by atoms with E-state index in [1.54, 1.807) is 0 Å². The molecule has 1 aromatic carbocycles. The summed E-state index contributed by atoms with van der Waals surface area (Å²) in [6.45, 7) is 1.64. The van der Waals surface area contributed by atoms with Crippen LogP contribution in [0.15, 0.2) is 27.6 Å². The summed E-state index contributed by atoms with van der Waals surface area (Å²) in [6.07, 6.45) is 1.51. The van der Waals surface area contributed by atoms with Gasteiger partial charge in [0, 0.05) is 23.6 Å². The molecule has 0 saturated carbocycles. The normalized spacial score (nSPS) is 16.8. The molecule has 1 heterocycles. The van der Waals surface area contributed by atoms with Gasteiger partial charge in [-0.2, -0.15) is 4.31 Å². The van der Waals surface area contributed by atoms with Crippen molar-refractivity contribution >= 4 is 44.0 Å². The Hall–Kier alpha value is -0.740. The molecular weight excluding hydrogens is 410 g/mol. The molecule has 0 spiro atoms. The topological polar surface area (TPSA) is 92.6 Å². The van der Waals surface area contributed by atoms with Gasteiger partial charge >= 0.3 is 0 Å². The number of hydrogen-bond donors (Lipinski definition) is 1. The number of nitro groups is 1. The van der Waals surface area contributed by atoms with E-state index >= 15 is 0 Å². The van der Waals surface area contributed by atoms with Crippen LogP contribution in [-0.4, -0.2) is 44.3 Å². The zero-order valence-corrected chi connectivity index (χ0v) is 15.8. The van der Waals surface area contributed by atoms with Crippen LogP contribution in [-0.2, 0) is 10.0 Å². The van der Waals surface area contributed by atoms with E-state index in [1.165, 1.54) is 22.5 Å². The largest absolute Gasteiger partial charge is 0.319 e. The van der Waals surface area contributed by atoms with Crippen LogP contribution in [0.2, 0.25) is 0 Å². The maximum Gasteiger partial charge on any atom is 0.290 e. The van der Waals surface area contributed by atoms with Gasteiger partial charge < -0.3 is 5.32 Å². The Kier molecular flexibility index (Phi) is 7.40. The fraction of sp³-hybridized carbons (Fsp3) is 0.538. The molecule has 23 heavy (non-hydrogen) atoms. The van der Waals surface area contributed by atoms with Gasteiger partial charge in [0.25, 0.3) is 5.69 Å². The lowest BCUT2D eigenvalue weighted by Gasteiger charge is -2.30. The lowest BCUT2D eigenvalue weighted by molar-refractivity contribution is -0.387. The number of rotatable bonds is 5. The molecule has 1 fully saturated rings. The van der Waals surface area contributed by atoms with Crippen LogP contribution in [0.5, 0.6) is 0 Å².